The van der Waals surface area contributed by atoms with Crippen LogP contribution in [0.4, 0.5) is 0 Å². The summed E-state index contributed by atoms with van der Waals surface area (Å²) in [4.78, 5) is 12.3. The molecule has 0 radical (unpaired) electrons. The molecule has 3 rings (SSSR count). The van der Waals surface area contributed by atoms with Gasteiger partial charge in [0.15, 0.2) is 0 Å². The first-order valence-electron chi connectivity index (χ1n) is 8.24. The molecule has 114 valence electrons. The van der Waals surface area contributed by atoms with Crippen molar-refractivity contribution in [2.45, 2.75) is 57.0 Å². The fourth-order valence-electron chi connectivity index (χ4n) is 4.24. The van der Waals surface area contributed by atoms with Gasteiger partial charge in [-0.2, -0.15) is 11.8 Å². The van der Waals surface area contributed by atoms with Crippen molar-refractivity contribution in [1.82, 2.24) is 5.32 Å². The van der Waals surface area contributed by atoms with Crippen molar-refractivity contribution in [2.75, 3.05) is 18.1 Å². The van der Waals surface area contributed by atoms with Gasteiger partial charge in [-0.25, -0.2) is 0 Å². The van der Waals surface area contributed by atoms with Crippen LogP contribution in [0, 0.1) is 17.8 Å². The molecule has 3 nitrogen and oxygen atoms in total. The van der Waals surface area contributed by atoms with Crippen molar-refractivity contribution in [1.29, 1.82) is 0 Å². The normalized spacial score (nSPS) is 41.1. The standard InChI is InChI=1S/C16H27NO2S/c18-15(17-10-16(19)7-8-20-11-16)14-6-5-12-3-1-2-4-13(12)9-14/h12-14,19H,1-11H2,(H,17,18). The molecule has 0 aromatic heterocycles. The molecular formula is C16H27NO2S. The molecule has 1 amide bonds. The number of nitrogens with one attached hydrogen (secondary N) is 1. The predicted octanol–water partition coefficient (Wildman–Crippen LogP) is 2.58. The number of fused-ring (bicyclic) bond motifs is 1. The zero-order valence-corrected chi connectivity index (χ0v) is 13.1. The lowest BCUT2D eigenvalue weighted by Gasteiger charge is -2.39. The van der Waals surface area contributed by atoms with Crippen LogP contribution >= 0.6 is 11.8 Å². The second-order valence-corrected chi connectivity index (χ2v) is 8.16. The molecule has 2 N–H and O–H groups in total. The highest BCUT2D eigenvalue weighted by Crippen LogP contribution is 2.42. The molecule has 0 aromatic rings. The second kappa shape index (κ2) is 6.27. The molecule has 20 heavy (non-hydrogen) atoms. The van der Waals surface area contributed by atoms with Crippen molar-refractivity contribution in [3.05, 3.63) is 0 Å². The third-order valence-electron chi connectivity index (χ3n) is 5.58. The Balaban J connectivity index is 1.47. The van der Waals surface area contributed by atoms with Gasteiger partial charge in [-0.15, -0.1) is 0 Å². The van der Waals surface area contributed by atoms with Gasteiger partial charge in [-0.3, -0.25) is 4.79 Å². The first-order chi connectivity index (χ1) is 9.66. The van der Waals surface area contributed by atoms with E-state index in [0.717, 1.165) is 42.6 Å². The Hall–Kier alpha value is -0.220. The number of carbonyl (C=O) groups is 1. The van der Waals surface area contributed by atoms with Crippen LogP contribution in [-0.4, -0.2) is 34.7 Å². The van der Waals surface area contributed by atoms with Gasteiger partial charge in [0.25, 0.3) is 0 Å². The van der Waals surface area contributed by atoms with E-state index in [1.54, 1.807) is 11.8 Å². The number of thioether (sulfide) groups is 1. The van der Waals surface area contributed by atoms with Gasteiger partial charge >= 0.3 is 0 Å². The van der Waals surface area contributed by atoms with Crippen molar-refractivity contribution < 1.29 is 9.90 Å². The van der Waals surface area contributed by atoms with E-state index in [9.17, 15) is 9.90 Å². The summed E-state index contributed by atoms with van der Waals surface area (Å²) in [6.45, 7) is 0.448. The second-order valence-electron chi connectivity index (χ2n) is 7.06. The first kappa shape index (κ1) is 14.7. The monoisotopic (exact) mass is 297 g/mol. The number of hydrogen-bond acceptors (Lipinski definition) is 3. The van der Waals surface area contributed by atoms with Crippen LogP contribution < -0.4 is 5.32 Å². The third kappa shape index (κ3) is 3.33. The maximum atomic E-state index is 12.3. The third-order valence-corrected chi connectivity index (χ3v) is 6.82. The average molecular weight is 297 g/mol. The van der Waals surface area contributed by atoms with Gasteiger partial charge in [0, 0.05) is 18.2 Å². The molecule has 2 aliphatic carbocycles. The number of carbonyl (C=O) groups excluding carboxylic acids is 1. The van der Waals surface area contributed by atoms with E-state index in [4.69, 9.17) is 0 Å². The topological polar surface area (TPSA) is 49.3 Å². The van der Waals surface area contributed by atoms with Crippen LogP contribution in [0.5, 0.6) is 0 Å². The van der Waals surface area contributed by atoms with Crippen LogP contribution in [0.15, 0.2) is 0 Å². The van der Waals surface area contributed by atoms with Crippen molar-refractivity contribution in [2.24, 2.45) is 17.8 Å². The quantitative estimate of drug-likeness (QED) is 0.842. The SMILES string of the molecule is O=C(NCC1(O)CCSC1)C1CCC2CCCCC2C1. The summed E-state index contributed by atoms with van der Waals surface area (Å²) in [5, 5.41) is 13.3. The predicted molar refractivity (Wildman–Crippen MR) is 82.7 cm³/mol. The fourth-order valence-corrected chi connectivity index (χ4v) is 5.54. The first-order valence-corrected chi connectivity index (χ1v) is 9.40. The number of rotatable bonds is 3. The van der Waals surface area contributed by atoms with E-state index >= 15 is 0 Å². The maximum absolute atomic E-state index is 12.3. The van der Waals surface area contributed by atoms with Gasteiger partial charge in [0.1, 0.15) is 0 Å². The van der Waals surface area contributed by atoms with E-state index in [2.05, 4.69) is 5.32 Å². The molecule has 0 spiro atoms. The largest absolute Gasteiger partial charge is 0.387 e. The molecular weight excluding hydrogens is 270 g/mol. The Kier molecular flexibility index (Phi) is 4.61. The van der Waals surface area contributed by atoms with E-state index in [1.807, 2.05) is 0 Å². The van der Waals surface area contributed by atoms with Crippen LogP contribution in [0.1, 0.15) is 51.4 Å². The Morgan fingerprint density at radius 1 is 1.20 bits per heavy atom. The van der Waals surface area contributed by atoms with Crippen molar-refractivity contribution in [3.8, 4) is 0 Å². The van der Waals surface area contributed by atoms with Gasteiger partial charge in [0.05, 0.1) is 5.60 Å². The van der Waals surface area contributed by atoms with Crippen molar-refractivity contribution in [3.63, 3.8) is 0 Å². The zero-order valence-electron chi connectivity index (χ0n) is 12.3. The van der Waals surface area contributed by atoms with E-state index in [-0.39, 0.29) is 11.8 Å². The van der Waals surface area contributed by atoms with Gasteiger partial charge < -0.3 is 10.4 Å². The van der Waals surface area contributed by atoms with Gasteiger partial charge in [-0.1, -0.05) is 25.7 Å². The Labute approximate surface area is 126 Å². The molecule has 1 heterocycles. The summed E-state index contributed by atoms with van der Waals surface area (Å²) in [7, 11) is 0. The Bertz CT molecular complexity index is 354. The molecule has 4 atom stereocenters. The minimum Gasteiger partial charge on any atom is -0.387 e. The Morgan fingerprint density at radius 3 is 2.75 bits per heavy atom. The summed E-state index contributed by atoms with van der Waals surface area (Å²) in [5.74, 6) is 3.86. The molecule has 2 saturated carbocycles. The highest BCUT2D eigenvalue weighted by Gasteiger charge is 2.36. The molecule has 1 saturated heterocycles. The minimum absolute atomic E-state index is 0.194. The van der Waals surface area contributed by atoms with Gasteiger partial charge in [-0.05, 0) is 43.3 Å². The molecule has 4 heteroatoms. The summed E-state index contributed by atoms with van der Waals surface area (Å²) < 4.78 is 0. The van der Waals surface area contributed by atoms with E-state index in [0.29, 0.717) is 6.54 Å². The summed E-state index contributed by atoms with van der Waals surface area (Å²) in [6, 6.07) is 0. The molecule has 1 aliphatic heterocycles. The lowest BCUT2D eigenvalue weighted by Crippen LogP contribution is -2.46. The lowest BCUT2D eigenvalue weighted by molar-refractivity contribution is -0.128. The van der Waals surface area contributed by atoms with E-state index < -0.39 is 5.60 Å². The Morgan fingerprint density at radius 2 is 2.00 bits per heavy atom. The highest BCUT2D eigenvalue weighted by atomic mass is 32.2. The molecule has 4 unspecified atom stereocenters. The molecule has 3 aliphatic rings. The maximum Gasteiger partial charge on any atom is 0.223 e. The lowest BCUT2D eigenvalue weighted by atomic mass is 9.67. The fraction of sp³-hybridized carbons (Fsp3) is 0.938. The average Bonchev–Trinajstić information content (AvgIpc) is 2.91. The summed E-state index contributed by atoms with van der Waals surface area (Å²) in [6.07, 6.45) is 9.65. The molecule has 0 bridgehead atoms. The minimum atomic E-state index is -0.650. The van der Waals surface area contributed by atoms with Crippen LogP contribution in [-0.2, 0) is 4.79 Å². The van der Waals surface area contributed by atoms with E-state index in [1.165, 1.54) is 32.1 Å². The summed E-state index contributed by atoms with van der Waals surface area (Å²) in [5.41, 5.74) is -0.650. The number of hydrogen-bond donors (Lipinski definition) is 2. The molecule has 0 aromatic carbocycles. The molecule has 3 fully saturated rings. The van der Waals surface area contributed by atoms with Crippen LogP contribution in [0.3, 0.4) is 0 Å². The van der Waals surface area contributed by atoms with Crippen molar-refractivity contribution >= 4 is 17.7 Å². The van der Waals surface area contributed by atoms with Crippen LogP contribution in [0.2, 0.25) is 0 Å². The smallest absolute Gasteiger partial charge is 0.223 e. The number of aliphatic hydroxyl groups is 1. The summed E-state index contributed by atoms with van der Waals surface area (Å²) >= 11 is 1.78. The van der Waals surface area contributed by atoms with Crippen LogP contribution in [0.25, 0.3) is 0 Å². The zero-order chi connectivity index (χ0) is 14.0. The highest BCUT2D eigenvalue weighted by molar-refractivity contribution is 7.99. The van der Waals surface area contributed by atoms with Gasteiger partial charge in [0.2, 0.25) is 5.91 Å². The number of amides is 1.